The van der Waals surface area contributed by atoms with Crippen LogP contribution in [0.2, 0.25) is 0 Å². The fraction of sp³-hybridized carbons (Fsp3) is 0.0870. The standard InChI is InChI=1S/C23H16F3N3O2/c24-23(25,26)17-7-9-19(10-8-17)31-20-6-3-4-15-12-16(13-28-21(15)20)22(30)29-14-18-5-1-2-11-27-18/h1-13H,14H2,(H,29,30). The van der Waals surface area contributed by atoms with Crippen LogP contribution in [-0.4, -0.2) is 15.9 Å². The van der Waals surface area contributed by atoms with E-state index in [1.165, 1.54) is 18.3 Å². The lowest BCUT2D eigenvalue weighted by atomic mass is 10.1. The van der Waals surface area contributed by atoms with Gasteiger partial charge in [0, 0.05) is 17.8 Å². The fourth-order valence-corrected chi connectivity index (χ4v) is 2.95. The molecule has 0 spiro atoms. The molecule has 0 atom stereocenters. The molecular formula is C23H16F3N3O2. The number of carbonyl (C=O) groups excluding carboxylic acids is 1. The summed E-state index contributed by atoms with van der Waals surface area (Å²) in [6.07, 6.45) is -1.33. The maximum absolute atomic E-state index is 12.7. The third kappa shape index (κ3) is 4.80. The lowest BCUT2D eigenvalue weighted by molar-refractivity contribution is -0.137. The highest BCUT2D eigenvalue weighted by Gasteiger charge is 2.30. The lowest BCUT2D eigenvalue weighted by Crippen LogP contribution is -2.23. The highest BCUT2D eigenvalue weighted by molar-refractivity contribution is 5.98. The van der Waals surface area contributed by atoms with Gasteiger partial charge in [-0.05, 0) is 48.5 Å². The van der Waals surface area contributed by atoms with Crippen molar-refractivity contribution in [3.8, 4) is 11.5 Å². The summed E-state index contributed by atoms with van der Waals surface area (Å²) in [5.74, 6) is 0.325. The number of hydrogen-bond donors (Lipinski definition) is 1. The first kappa shape index (κ1) is 20.3. The van der Waals surface area contributed by atoms with Gasteiger partial charge in [-0.1, -0.05) is 18.2 Å². The average molecular weight is 423 g/mol. The minimum atomic E-state index is -4.41. The molecule has 2 heterocycles. The van der Waals surface area contributed by atoms with Crippen molar-refractivity contribution in [3.63, 3.8) is 0 Å². The molecule has 2 aromatic heterocycles. The van der Waals surface area contributed by atoms with Crippen molar-refractivity contribution in [3.05, 3.63) is 95.9 Å². The van der Waals surface area contributed by atoms with Gasteiger partial charge in [-0.3, -0.25) is 14.8 Å². The number of hydrogen-bond acceptors (Lipinski definition) is 4. The van der Waals surface area contributed by atoms with E-state index in [-0.39, 0.29) is 18.2 Å². The Balaban J connectivity index is 1.52. The summed E-state index contributed by atoms with van der Waals surface area (Å²) in [4.78, 5) is 20.9. The van der Waals surface area contributed by atoms with E-state index >= 15 is 0 Å². The number of fused-ring (bicyclic) bond motifs is 1. The van der Waals surface area contributed by atoms with Crippen LogP contribution in [0.1, 0.15) is 21.6 Å². The number of aromatic nitrogens is 2. The molecule has 0 aliphatic rings. The second kappa shape index (κ2) is 8.43. The molecule has 0 radical (unpaired) electrons. The van der Waals surface area contributed by atoms with Gasteiger partial charge in [0.1, 0.15) is 11.3 Å². The van der Waals surface area contributed by atoms with Crippen molar-refractivity contribution < 1.29 is 22.7 Å². The predicted molar refractivity (Wildman–Crippen MR) is 109 cm³/mol. The monoisotopic (exact) mass is 423 g/mol. The first-order chi connectivity index (χ1) is 14.9. The summed E-state index contributed by atoms with van der Waals surface area (Å²) in [5, 5.41) is 3.45. The topological polar surface area (TPSA) is 64.1 Å². The van der Waals surface area contributed by atoms with Crippen LogP contribution >= 0.6 is 0 Å². The van der Waals surface area contributed by atoms with Crippen LogP contribution in [0, 0.1) is 0 Å². The molecule has 4 aromatic rings. The molecule has 0 aliphatic carbocycles. The van der Waals surface area contributed by atoms with Crippen molar-refractivity contribution in [1.82, 2.24) is 15.3 Å². The highest BCUT2D eigenvalue weighted by Crippen LogP contribution is 2.33. The first-order valence-electron chi connectivity index (χ1n) is 9.32. The molecule has 1 amide bonds. The highest BCUT2D eigenvalue weighted by atomic mass is 19.4. The Morgan fingerprint density at radius 2 is 1.77 bits per heavy atom. The number of pyridine rings is 2. The second-order valence-electron chi connectivity index (χ2n) is 6.68. The van der Waals surface area contributed by atoms with Crippen LogP contribution in [0.4, 0.5) is 13.2 Å². The van der Waals surface area contributed by atoms with Gasteiger partial charge in [-0.15, -0.1) is 0 Å². The Hall–Kier alpha value is -3.94. The van der Waals surface area contributed by atoms with Crippen molar-refractivity contribution in [1.29, 1.82) is 0 Å². The first-order valence-corrected chi connectivity index (χ1v) is 9.32. The number of halogens is 3. The number of benzene rings is 2. The van der Waals surface area contributed by atoms with E-state index in [0.29, 0.717) is 22.2 Å². The number of carbonyl (C=O) groups is 1. The minimum absolute atomic E-state index is 0.250. The van der Waals surface area contributed by atoms with E-state index < -0.39 is 11.7 Å². The molecule has 0 aliphatic heterocycles. The van der Waals surface area contributed by atoms with Crippen molar-refractivity contribution in [2.24, 2.45) is 0 Å². The molecule has 8 heteroatoms. The normalized spacial score (nSPS) is 11.3. The maximum atomic E-state index is 12.7. The molecule has 0 unspecified atom stereocenters. The number of amides is 1. The molecule has 0 bridgehead atoms. The number of alkyl halides is 3. The van der Waals surface area contributed by atoms with E-state index in [9.17, 15) is 18.0 Å². The molecule has 5 nitrogen and oxygen atoms in total. The fourth-order valence-electron chi connectivity index (χ4n) is 2.95. The summed E-state index contributed by atoms with van der Waals surface area (Å²) in [7, 11) is 0. The summed E-state index contributed by atoms with van der Waals surface area (Å²) in [6, 6.07) is 16.7. The van der Waals surface area contributed by atoms with Gasteiger partial charge in [-0.2, -0.15) is 13.2 Å². The number of rotatable bonds is 5. The number of nitrogens with zero attached hydrogens (tertiary/aromatic N) is 2. The molecule has 4 rings (SSSR count). The SMILES string of the molecule is O=C(NCc1ccccn1)c1cnc2c(Oc3ccc(C(F)(F)F)cc3)cccc2c1. The van der Waals surface area contributed by atoms with Crippen LogP contribution in [-0.2, 0) is 12.7 Å². The van der Waals surface area contributed by atoms with Crippen LogP contribution < -0.4 is 10.1 Å². The van der Waals surface area contributed by atoms with Crippen molar-refractivity contribution in [2.75, 3.05) is 0 Å². The Kier molecular flexibility index (Phi) is 5.53. The van der Waals surface area contributed by atoms with Gasteiger partial charge in [0.2, 0.25) is 0 Å². The third-order valence-electron chi connectivity index (χ3n) is 4.50. The van der Waals surface area contributed by atoms with Gasteiger partial charge in [0.15, 0.2) is 5.75 Å². The van der Waals surface area contributed by atoms with Gasteiger partial charge >= 0.3 is 6.18 Å². The average Bonchev–Trinajstić information content (AvgIpc) is 2.78. The van der Waals surface area contributed by atoms with Crippen LogP contribution in [0.3, 0.4) is 0 Å². The summed E-state index contributed by atoms with van der Waals surface area (Å²) < 4.78 is 43.9. The smallest absolute Gasteiger partial charge is 0.416 e. The van der Waals surface area contributed by atoms with Crippen LogP contribution in [0.15, 0.2) is 79.1 Å². The molecule has 31 heavy (non-hydrogen) atoms. The predicted octanol–water partition coefficient (Wildman–Crippen LogP) is 5.37. The summed E-state index contributed by atoms with van der Waals surface area (Å²) >= 11 is 0. The minimum Gasteiger partial charge on any atom is -0.455 e. The lowest BCUT2D eigenvalue weighted by Gasteiger charge is -2.11. The van der Waals surface area contributed by atoms with E-state index in [0.717, 1.165) is 17.8 Å². The molecule has 1 N–H and O–H groups in total. The number of ether oxygens (including phenoxy) is 1. The summed E-state index contributed by atoms with van der Waals surface area (Å²) in [6.45, 7) is 0.286. The molecule has 0 saturated heterocycles. The van der Waals surface area contributed by atoms with Gasteiger partial charge in [0.05, 0.1) is 23.4 Å². The van der Waals surface area contributed by atoms with Crippen molar-refractivity contribution >= 4 is 16.8 Å². The molecule has 0 saturated carbocycles. The maximum Gasteiger partial charge on any atom is 0.416 e. The van der Waals surface area contributed by atoms with E-state index in [2.05, 4.69) is 15.3 Å². The Morgan fingerprint density at radius 3 is 2.48 bits per heavy atom. The second-order valence-corrected chi connectivity index (χ2v) is 6.68. The van der Waals surface area contributed by atoms with Gasteiger partial charge in [0.25, 0.3) is 5.91 Å². The van der Waals surface area contributed by atoms with Crippen molar-refractivity contribution in [2.45, 2.75) is 12.7 Å². The molecule has 0 fully saturated rings. The Bertz CT molecular complexity index is 1210. The molecule has 156 valence electrons. The molecular weight excluding hydrogens is 407 g/mol. The zero-order valence-electron chi connectivity index (χ0n) is 16.1. The zero-order chi connectivity index (χ0) is 21.8. The molecule has 2 aromatic carbocycles. The van der Waals surface area contributed by atoms with Crippen LogP contribution in [0.25, 0.3) is 10.9 Å². The number of nitrogens with one attached hydrogen (secondary N) is 1. The third-order valence-corrected chi connectivity index (χ3v) is 4.50. The van der Waals surface area contributed by atoms with Crippen LogP contribution in [0.5, 0.6) is 11.5 Å². The van der Waals surface area contributed by atoms with Gasteiger partial charge < -0.3 is 10.1 Å². The van der Waals surface area contributed by atoms with E-state index in [1.807, 2.05) is 12.1 Å². The quantitative estimate of drug-likeness (QED) is 0.469. The Labute approximate surface area is 175 Å². The van der Waals surface area contributed by atoms with E-state index in [1.54, 1.807) is 36.5 Å². The number of para-hydroxylation sites is 1. The van der Waals surface area contributed by atoms with Gasteiger partial charge in [-0.25, -0.2) is 0 Å². The Morgan fingerprint density at radius 1 is 0.968 bits per heavy atom. The largest absolute Gasteiger partial charge is 0.455 e. The zero-order valence-corrected chi connectivity index (χ0v) is 16.1. The van der Waals surface area contributed by atoms with E-state index in [4.69, 9.17) is 4.74 Å². The summed E-state index contributed by atoms with van der Waals surface area (Å²) in [5.41, 5.74) is 0.841.